The molecule has 2 unspecified atom stereocenters. The number of nitrogens with zero attached hydrogens (tertiary/aromatic N) is 5. The smallest absolute Gasteiger partial charge is 0.352 e. The van der Waals surface area contributed by atoms with Gasteiger partial charge in [0.25, 0.3) is 17.7 Å². The molecule has 4 aliphatic rings. The average Bonchev–Trinajstić information content (AvgIpc) is 3.71. The molecule has 0 spiro atoms. The topological polar surface area (TPSA) is 225 Å². The predicted octanol–water partition coefficient (Wildman–Crippen LogP) is 1.36. The molecule has 1 aromatic carbocycles. The second kappa shape index (κ2) is 13.4. The average molecular weight is 749 g/mol. The van der Waals surface area contributed by atoms with E-state index in [1.54, 1.807) is 4.90 Å². The number of phenols is 2. The summed E-state index contributed by atoms with van der Waals surface area (Å²) in [4.78, 5) is 76.6. The van der Waals surface area contributed by atoms with Crippen LogP contribution in [-0.2, 0) is 24.0 Å². The number of nitrogens with one attached hydrogen (secondary N) is 1. The Morgan fingerprint density at radius 3 is 2.72 bits per heavy atom. The van der Waals surface area contributed by atoms with Crippen LogP contribution in [0.5, 0.6) is 11.5 Å². The second-order valence-electron chi connectivity index (χ2n) is 13.1. The Labute approximate surface area is 299 Å². The third kappa shape index (κ3) is 6.36. The van der Waals surface area contributed by atoms with E-state index < -0.39 is 46.3 Å². The molecule has 3 amide bonds. The highest BCUT2D eigenvalue weighted by Gasteiger charge is 2.56. The van der Waals surface area contributed by atoms with Crippen molar-refractivity contribution in [2.24, 2.45) is 5.16 Å². The first-order valence-corrected chi connectivity index (χ1v) is 18.0. The van der Waals surface area contributed by atoms with Gasteiger partial charge in [-0.05, 0) is 26.0 Å². The summed E-state index contributed by atoms with van der Waals surface area (Å²) in [6.45, 7) is 5.35. The minimum Gasteiger partial charge on any atom is -0.504 e. The number of aromatic nitrogens is 1. The molecule has 0 saturated carbocycles. The molecule has 266 valence electrons. The van der Waals surface area contributed by atoms with E-state index >= 15 is 0 Å². The molecule has 6 rings (SSSR count). The zero-order valence-corrected chi connectivity index (χ0v) is 29.4. The van der Waals surface area contributed by atoms with Gasteiger partial charge in [-0.3, -0.25) is 24.1 Å². The lowest BCUT2D eigenvalue weighted by Crippen LogP contribution is -2.71. The number of thiazole rings is 1. The molecule has 50 heavy (non-hydrogen) atoms. The number of benzene rings is 1. The third-order valence-corrected chi connectivity index (χ3v) is 11.8. The number of fused-ring (bicyclic) bond motifs is 2. The maximum Gasteiger partial charge on any atom is 0.352 e. The van der Waals surface area contributed by atoms with E-state index in [9.17, 15) is 39.3 Å². The molecular weight excluding hydrogens is 714 g/mol. The fraction of sp³-hybridized carbons (Fsp3) is 0.452. The highest BCUT2D eigenvalue weighted by atomic mass is 35.5. The van der Waals surface area contributed by atoms with E-state index in [1.165, 1.54) is 48.0 Å². The number of halogens is 1. The molecule has 1 aromatic heterocycles. The number of aliphatic carboxylic acids is 1. The zero-order valence-electron chi connectivity index (χ0n) is 27.0. The van der Waals surface area contributed by atoms with Gasteiger partial charge in [0.1, 0.15) is 35.4 Å². The second-order valence-corrected chi connectivity index (χ2v) is 15.5. The summed E-state index contributed by atoms with van der Waals surface area (Å²) >= 11 is 8.57. The number of carboxylic acids is 1. The van der Waals surface area contributed by atoms with Crippen molar-refractivity contribution in [2.45, 2.75) is 49.7 Å². The van der Waals surface area contributed by atoms with Crippen molar-refractivity contribution in [2.75, 3.05) is 44.2 Å². The number of piperazine rings is 1. The van der Waals surface area contributed by atoms with Crippen molar-refractivity contribution in [3.05, 3.63) is 45.1 Å². The van der Waals surface area contributed by atoms with Crippen LogP contribution in [0.15, 0.2) is 33.9 Å². The number of oxime groups is 1. The molecule has 4 aliphatic heterocycles. The van der Waals surface area contributed by atoms with Crippen molar-refractivity contribution in [3.63, 3.8) is 0 Å². The van der Waals surface area contributed by atoms with E-state index in [4.69, 9.17) is 22.2 Å². The molecule has 2 aromatic rings. The SMILES string of the molecule is CC(C)(C=O)O/N=C(\C(=O)N[C@@H]1C(=O)N2C(C(=O)O)=C(C[N+]34CCCC3CN(C(=O)c3ccc(O)c(O)c3Cl)CC4)CS[C@H]12)c1csc(N)n1. The van der Waals surface area contributed by atoms with Crippen molar-refractivity contribution >= 4 is 75.5 Å². The van der Waals surface area contributed by atoms with Crippen molar-refractivity contribution in [3.8, 4) is 11.5 Å². The van der Waals surface area contributed by atoms with Crippen LogP contribution < -0.4 is 11.1 Å². The number of phenolic OH excluding ortho intramolecular Hbond substituents is 2. The molecule has 19 heteroatoms. The summed E-state index contributed by atoms with van der Waals surface area (Å²) < 4.78 is 0.561. The van der Waals surface area contributed by atoms with Crippen LogP contribution in [-0.4, -0.2) is 132 Å². The number of anilines is 1. The first-order chi connectivity index (χ1) is 23.7. The van der Waals surface area contributed by atoms with Crippen LogP contribution in [0, 0.1) is 0 Å². The van der Waals surface area contributed by atoms with Crippen LogP contribution in [0.2, 0.25) is 5.02 Å². The maximum absolute atomic E-state index is 13.5. The molecular formula is C31H35ClN7O9S2+. The highest BCUT2D eigenvalue weighted by Crippen LogP contribution is 2.43. The fourth-order valence-electron chi connectivity index (χ4n) is 6.86. The standard InChI is InChI=1S/C31H34ClN7O9S2/c1-31(2,14-40)48-36-21(18-13-50-30(33)34-18)25(43)35-22-27(45)38-23(29(46)47)15(12-49-28(22)38)11-39-8-3-4-16(39)10-37(7-9-39)26(44)17-5-6-19(41)24(42)20(17)32/h5-6,13-14,16,22,28H,3-4,7-12H2,1-2H3,(H5-,33,34,35,36,41,42,43,44,46,47)/p+1/t16?,22-,28-,39?/m1/s1. The summed E-state index contributed by atoms with van der Waals surface area (Å²) in [7, 11) is 0. The number of carbonyl (C=O) groups is 5. The van der Waals surface area contributed by atoms with Gasteiger partial charge in [0.15, 0.2) is 34.2 Å². The molecule has 0 radical (unpaired) electrons. The number of thioether (sulfide) groups is 1. The van der Waals surface area contributed by atoms with Gasteiger partial charge in [-0.25, -0.2) is 9.78 Å². The van der Waals surface area contributed by atoms with Gasteiger partial charge in [0.05, 0.1) is 36.8 Å². The predicted molar refractivity (Wildman–Crippen MR) is 183 cm³/mol. The molecule has 3 saturated heterocycles. The fourth-order valence-corrected chi connectivity index (χ4v) is 8.99. The monoisotopic (exact) mass is 748 g/mol. The lowest BCUT2D eigenvalue weighted by Gasteiger charge is -2.51. The van der Waals surface area contributed by atoms with Crippen LogP contribution in [0.4, 0.5) is 5.13 Å². The quantitative estimate of drug-likeness (QED) is 0.0580. The summed E-state index contributed by atoms with van der Waals surface area (Å²) in [6, 6.07) is 1.53. The summed E-state index contributed by atoms with van der Waals surface area (Å²) in [5.74, 6) is -3.71. The van der Waals surface area contributed by atoms with Gasteiger partial charge < -0.3 is 40.6 Å². The van der Waals surface area contributed by atoms with Crippen molar-refractivity contribution < 1.29 is 48.6 Å². The number of amides is 3. The number of β-lactam (4-membered cyclic amide) rings is 1. The van der Waals surface area contributed by atoms with Gasteiger partial charge in [-0.2, -0.15) is 0 Å². The van der Waals surface area contributed by atoms with Gasteiger partial charge in [0.2, 0.25) is 0 Å². The Bertz CT molecular complexity index is 1850. The lowest BCUT2D eigenvalue weighted by atomic mass is 10.0. The van der Waals surface area contributed by atoms with Crippen LogP contribution >= 0.6 is 34.7 Å². The number of rotatable bonds is 10. The molecule has 0 aliphatic carbocycles. The first kappa shape index (κ1) is 35.4. The minimum atomic E-state index is -1.35. The minimum absolute atomic E-state index is 0.00505. The largest absolute Gasteiger partial charge is 0.504 e. The van der Waals surface area contributed by atoms with Crippen molar-refractivity contribution in [1.82, 2.24) is 20.1 Å². The summed E-state index contributed by atoms with van der Waals surface area (Å²) in [5.41, 5.74) is 4.75. The Balaban J connectivity index is 1.18. The van der Waals surface area contributed by atoms with E-state index in [-0.39, 0.29) is 44.8 Å². The van der Waals surface area contributed by atoms with Gasteiger partial charge in [-0.1, -0.05) is 16.8 Å². The normalized spacial score (nSPS) is 25.1. The number of aldehydes is 1. The van der Waals surface area contributed by atoms with E-state index in [2.05, 4.69) is 15.5 Å². The van der Waals surface area contributed by atoms with Crippen LogP contribution in [0.3, 0.4) is 0 Å². The Hall–Kier alpha value is -4.39. The molecule has 0 bridgehead atoms. The third-order valence-electron chi connectivity index (χ3n) is 9.45. The Morgan fingerprint density at radius 1 is 1.28 bits per heavy atom. The number of quaternary nitrogens is 1. The summed E-state index contributed by atoms with van der Waals surface area (Å²) in [6.07, 6.45) is 2.20. The molecule has 5 heterocycles. The number of aromatic hydroxyl groups is 2. The highest BCUT2D eigenvalue weighted by molar-refractivity contribution is 8.00. The molecule has 16 nitrogen and oxygen atoms in total. The van der Waals surface area contributed by atoms with E-state index in [0.29, 0.717) is 48.3 Å². The van der Waals surface area contributed by atoms with Gasteiger partial charge in [0, 0.05) is 29.5 Å². The first-order valence-electron chi connectivity index (χ1n) is 15.7. The Kier molecular flexibility index (Phi) is 9.49. The van der Waals surface area contributed by atoms with Crippen LogP contribution in [0.25, 0.3) is 0 Å². The number of carbonyl (C=O) groups excluding carboxylic acids is 4. The van der Waals surface area contributed by atoms with E-state index in [1.807, 2.05) is 0 Å². The van der Waals surface area contributed by atoms with Gasteiger partial charge in [-0.15, -0.1) is 23.1 Å². The Morgan fingerprint density at radius 2 is 2.04 bits per heavy atom. The zero-order chi connectivity index (χ0) is 36.1. The lowest BCUT2D eigenvalue weighted by molar-refractivity contribution is -0.938. The number of hydrogen-bond donors (Lipinski definition) is 5. The number of hydrogen-bond acceptors (Lipinski definition) is 13. The van der Waals surface area contributed by atoms with Crippen molar-refractivity contribution in [1.29, 1.82) is 0 Å². The number of nitrogens with two attached hydrogens (primary N) is 1. The van der Waals surface area contributed by atoms with Crippen LogP contribution in [0.1, 0.15) is 42.7 Å². The van der Waals surface area contributed by atoms with E-state index in [0.717, 1.165) is 30.7 Å². The molecule has 4 atom stereocenters. The number of nitrogen functional groups attached to an aromatic ring is 1. The molecule has 3 fully saturated rings. The molecule has 6 N–H and O–H groups in total. The maximum atomic E-state index is 13.5. The summed E-state index contributed by atoms with van der Waals surface area (Å²) in [5, 5.41) is 37.4. The number of carboxylic acid groups (broad SMARTS) is 1. The van der Waals surface area contributed by atoms with Gasteiger partial charge >= 0.3 is 5.97 Å².